The fourth-order valence-electron chi connectivity index (χ4n) is 3.47. The summed E-state index contributed by atoms with van der Waals surface area (Å²) in [6, 6.07) is 5.55. The van der Waals surface area contributed by atoms with E-state index in [0.717, 1.165) is 30.6 Å². The maximum Gasteiger partial charge on any atom is 0.227 e. The van der Waals surface area contributed by atoms with E-state index in [1.807, 2.05) is 17.0 Å². The zero-order valence-electron chi connectivity index (χ0n) is 13.8. The van der Waals surface area contributed by atoms with Gasteiger partial charge in [-0.1, -0.05) is 11.6 Å². The predicted octanol–water partition coefficient (Wildman–Crippen LogP) is 2.78. The molecule has 6 nitrogen and oxygen atoms in total. The monoisotopic (exact) mass is 361 g/mol. The summed E-state index contributed by atoms with van der Waals surface area (Å²) >= 11 is 6.33. The summed E-state index contributed by atoms with van der Waals surface area (Å²) in [5, 5.41) is 7.58. The first-order chi connectivity index (χ1) is 12.2. The van der Waals surface area contributed by atoms with Crippen LogP contribution < -0.4 is 9.47 Å². The lowest BCUT2D eigenvalue weighted by atomic mass is 9.94. The van der Waals surface area contributed by atoms with Crippen molar-refractivity contribution in [3.8, 4) is 11.5 Å². The number of aromatic amines is 1. The van der Waals surface area contributed by atoms with Crippen molar-refractivity contribution < 1.29 is 14.3 Å². The number of ether oxygens (including phenoxy) is 2. The third-order valence-corrected chi connectivity index (χ3v) is 5.14. The number of benzene rings is 1. The number of aromatic nitrogens is 2. The van der Waals surface area contributed by atoms with E-state index >= 15 is 0 Å². The minimum atomic E-state index is 0.0859. The van der Waals surface area contributed by atoms with E-state index in [1.165, 1.54) is 0 Å². The van der Waals surface area contributed by atoms with Gasteiger partial charge in [-0.25, -0.2) is 0 Å². The van der Waals surface area contributed by atoms with E-state index in [4.69, 9.17) is 21.1 Å². The van der Waals surface area contributed by atoms with Gasteiger partial charge in [0.25, 0.3) is 0 Å². The number of likely N-dealkylation sites (tertiary alicyclic amines) is 1. The lowest BCUT2D eigenvalue weighted by molar-refractivity contribution is -0.131. The van der Waals surface area contributed by atoms with Crippen molar-refractivity contribution in [1.29, 1.82) is 0 Å². The Balaban J connectivity index is 1.46. The summed E-state index contributed by atoms with van der Waals surface area (Å²) in [7, 11) is 0. The number of hydrogen-bond donors (Lipinski definition) is 1. The van der Waals surface area contributed by atoms with Gasteiger partial charge < -0.3 is 14.4 Å². The van der Waals surface area contributed by atoms with Crippen LogP contribution in [-0.4, -0.2) is 47.3 Å². The summed E-state index contributed by atoms with van der Waals surface area (Å²) in [4.78, 5) is 14.7. The number of H-pyrrole nitrogens is 1. The topological polar surface area (TPSA) is 67.5 Å². The number of piperidine rings is 1. The molecule has 1 aromatic carbocycles. The molecule has 0 aliphatic carbocycles. The number of carbonyl (C=O) groups excluding carboxylic acids is 1. The number of rotatable bonds is 3. The van der Waals surface area contributed by atoms with Gasteiger partial charge in [-0.3, -0.25) is 9.89 Å². The molecule has 0 spiro atoms. The summed E-state index contributed by atoms with van der Waals surface area (Å²) < 4.78 is 11.1. The van der Waals surface area contributed by atoms with E-state index < -0.39 is 0 Å². The highest BCUT2D eigenvalue weighted by Crippen LogP contribution is 2.36. The maximum absolute atomic E-state index is 12.8. The van der Waals surface area contributed by atoms with Gasteiger partial charge in [0, 0.05) is 42.0 Å². The minimum Gasteiger partial charge on any atom is -0.486 e. The van der Waals surface area contributed by atoms with Gasteiger partial charge in [0.1, 0.15) is 13.2 Å². The molecule has 0 bridgehead atoms. The average Bonchev–Trinajstić information content (AvgIpc) is 3.17. The maximum atomic E-state index is 12.8. The Kier molecular flexibility index (Phi) is 4.53. The van der Waals surface area contributed by atoms with Crippen molar-refractivity contribution in [2.75, 3.05) is 26.3 Å². The normalized spacial score (nSPS) is 19.7. The quantitative estimate of drug-likeness (QED) is 0.912. The first-order valence-electron chi connectivity index (χ1n) is 8.56. The largest absolute Gasteiger partial charge is 0.486 e. The Labute approximate surface area is 151 Å². The van der Waals surface area contributed by atoms with E-state index in [2.05, 4.69) is 10.2 Å². The molecule has 4 rings (SSSR count). The Hall–Kier alpha value is -2.21. The molecule has 1 atom stereocenters. The fraction of sp³-hybridized carbons (Fsp3) is 0.444. The van der Waals surface area contributed by atoms with Crippen molar-refractivity contribution in [2.45, 2.75) is 25.2 Å². The number of carbonyl (C=O) groups is 1. The van der Waals surface area contributed by atoms with Crippen molar-refractivity contribution in [3.05, 3.63) is 40.7 Å². The first-order valence-corrected chi connectivity index (χ1v) is 8.93. The molecule has 25 heavy (non-hydrogen) atoms. The van der Waals surface area contributed by atoms with Gasteiger partial charge >= 0.3 is 0 Å². The Morgan fingerprint density at radius 1 is 1.32 bits per heavy atom. The standard InChI is InChI=1S/C18H20ClN3O3/c19-14-10-17-16(24-6-7-25-17)8-13(14)9-18(23)22-5-1-2-12(11-22)15-3-4-20-21-15/h3-4,8,10,12H,1-2,5-7,9,11H2,(H,20,21). The molecular formula is C18H20ClN3O3. The molecular weight excluding hydrogens is 342 g/mol. The zero-order chi connectivity index (χ0) is 17.2. The lowest BCUT2D eigenvalue weighted by Crippen LogP contribution is -2.40. The van der Waals surface area contributed by atoms with E-state index in [1.54, 1.807) is 12.3 Å². The minimum absolute atomic E-state index is 0.0859. The highest BCUT2D eigenvalue weighted by molar-refractivity contribution is 6.31. The highest BCUT2D eigenvalue weighted by Gasteiger charge is 2.26. The molecule has 7 heteroatoms. The van der Waals surface area contributed by atoms with E-state index in [9.17, 15) is 4.79 Å². The van der Waals surface area contributed by atoms with Crippen LogP contribution in [-0.2, 0) is 11.2 Å². The Morgan fingerprint density at radius 3 is 2.88 bits per heavy atom. The van der Waals surface area contributed by atoms with Gasteiger partial charge in [-0.05, 0) is 30.5 Å². The molecule has 1 amide bonds. The molecule has 1 unspecified atom stereocenters. The van der Waals surface area contributed by atoms with Crippen molar-refractivity contribution in [1.82, 2.24) is 15.1 Å². The molecule has 2 aromatic rings. The van der Waals surface area contributed by atoms with Gasteiger partial charge in [0.05, 0.1) is 6.42 Å². The summed E-state index contributed by atoms with van der Waals surface area (Å²) in [5.74, 6) is 1.70. The average molecular weight is 362 g/mol. The SMILES string of the molecule is O=C(Cc1cc2c(cc1Cl)OCCO2)N1CCCC(c2ccn[nH]2)C1. The molecule has 2 aliphatic rings. The van der Waals surface area contributed by atoms with Crippen LogP contribution in [0.25, 0.3) is 0 Å². The number of nitrogens with one attached hydrogen (secondary N) is 1. The predicted molar refractivity (Wildman–Crippen MR) is 93.3 cm³/mol. The second-order valence-electron chi connectivity index (χ2n) is 6.45. The van der Waals surface area contributed by atoms with Crippen LogP contribution in [0.15, 0.2) is 24.4 Å². The molecule has 1 saturated heterocycles. The molecule has 2 aliphatic heterocycles. The summed E-state index contributed by atoms with van der Waals surface area (Å²) in [6.45, 7) is 2.53. The Morgan fingerprint density at radius 2 is 2.12 bits per heavy atom. The molecule has 0 saturated carbocycles. The van der Waals surface area contributed by atoms with Crippen molar-refractivity contribution >= 4 is 17.5 Å². The second kappa shape index (κ2) is 6.96. The second-order valence-corrected chi connectivity index (χ2v) is 6.86. The van der Waals surface area contributed by atoms with Gasteiger partial charge in [-0.15, -0.1) is 0 Å². The summed E-state index contributed by atoms with van der Waals surface area (Å²) in [5.41, 5.74) is 1.87. The zero-order valence-corrected chi connectivity index (χ0v) is 14.6. The van der Waals surface area contributed by atoms with Crippen LogP contribution in [0.4, 0.5) is 0 Å². The van der Waals surface area contributed by atoms with Crippen LogP contribution in [0, 0.1) is 0 Å². The van der Waals surface area contributed by atoms with E-state index in [0.29, 0.717) is 42.2 Å². The summed E-state index contributed by atoms with van der Waals surface area (Å²) in [6.07, 6.45) is 4.08. The molecule has 1 fully saturated rings. The van der Waals surface area contributed by atoms with Crippen LogP contribution in [0.3, 0.4) is 0 Å². The third-order valence-electron chi connectivity index (χ3n) is 4.79. The number of nitrogens with zero attached hydrogens (tertiary/aromatic N) is 2. The van der Waals surface area contributed by atoms with Gasteiger partial charge in [0.15, 0.2) is 11.5 Å². The lowest BCUT2D eigenvalue weighted by Gasteiger charge is -2.32. The van der Waals surface area contributed by atoms with Crippen LogP contribution >= 0.6 is 11.6 Å². The van der Waals surface area contributed by atoms with E-state index in [-0.39, 0.29) is 12.3 Å². The van der Waals surface area contributed by atoms with Gasteiger partial charge in [0.2, 0.25) is 5.91 Å². The first kappa shape index (κ1) is 16.3. The molecule has 1 aromatic heterocycles. The number of fused-ring (bicyclic) bond motifs is 1. The van der Waals surface area contributed by atoms with Crippen molar-refractivity contribution in [3.63, 3.8) is 0 Å². The van der Waals surface area contributed by atoms with Crippen LogP contribution in [0.2, 0.25) is 5.02 Å². The van der Waals surface area contributed by atoms with Gasteiger partial charge in [-0.2, -0.15) is 5.10 Å². The molecule has 1 N–H and O–H groups in total. The third kappa shape index (κ3) is 3.44. The number of halogens is 1. The fourth-order valence-corrected chi connectivity index (χ4v) is 3.69. The smallest absolute Gasteiger partial charge is 0.227 e. The highest BCUT2D eigenvalue weighted by atomic mass is 35.5. The molecule has 132 valence electrons. The number of amides is 1. The van der Waals surface area contributed by atoms with Crippen molar-refractivity contribution in [2.24, 2.45) is 0 Å². The molecule has 3 heterocycles. The van der Waals surface area contributed by atoms with Crippen LogP contribution in [0.1, 0.15) is 30.0 Å². The number of hydrogen-bond acceptors (Lipinski definition) is 4. The molecule has 0 radical (unpaired) electrons. The Bertz CT molecular complexity index is 763. The van der Waals surface area contributed by atoms with Crippen LogP contribution in [0.5, 0.6) is 11.5 Å².